The number of anilines is 1. The van der Waals surface area contributed by atoms with Gasteiger partial charge in [0, 0.05) is 12.2 Å². The van der Waals surface area contributed by atoms with Gasteiger partial charge in [0.05, 0.1) is 6.04 Å². The van der Waals surface area contributed by atoms with Gasteiger partial charge in [-0.05, 0) is 36.9 Å². The molecular weight excluding hydrogens is 243 g/mol. The van der Waals surface area contributed by atoms with E-state index in [2.05, 4.69) is 34.9 Å². The molecule has 2 nitrogen and oxygen atoms in total. The van der Waals surface area contributed by atoms with Crippen molar-refractivity contribution in [2.75, 3.05) is 18.4 Å². The Morgan fingerprint density at radius 3 is 2.69 bits per heavy atom. The fourth-order valence-corrected chi connectivity index (χ4v) is 2.10. The molecule has 0 saturated heterocycles. The van der Waals surface area contributed by atoms with Crippen molar-refractivity contribution in [1.29, 1.82) is 0 Å². The minimum Gasteiger partial charge on any atom is -0.383 e. The molecule has 0 aromatic heterocycles. The second kappa shape index (κ2) is 5.76. The van der Waals surface area contributed by atoms with Gasteiger partial charge in [-0.1, -0.05) is 18.2 Å². The van der Waals surface area contributed by atoms with Crippen LogP contribution in [-0.4, -0.2) is 13.1 Å². The maximum absolute atomic E-state index is 3.64. The van der Waals surface area contributed by atoms with Crippen molar-refractivity contribution in [3.63, 3.8) is 0 Å². The minimum absolute atomic E-state index is 0. The van der Waals surface area contributed by atoms with Crippen LogP contribution in [0.4, 0.5) is 5.69 Å². The van der Waals surface area contributed by atoms with Crippen molar-refractivity contribution >= 4 is 30.5 Å². The number of para-hydroxylation sites is 1. The third-order valence-corrected chi connectivity index (χ3v) is 3.18. The summed E-state index contributed by atoms with van der Waals surface area (Å²) in [6.45, 7) is 2.24. The standard InChI is InChI=1S/C12H16N2.2ClH/c1-2-4-11-10(3-1)12(8-14-11)13-7-9-5-6-9;;/h1-4,9,12-14H,5-8H2;2*1H. The van der Waals surface area contributed by atoms with Crippen molar-refractivity contribution < 1.29 is 0 Å². The molecule has 2 N–H and O–H groups in total. The Hall–Kier alpha value is -0.440. The fraction of sp³-hybridized carbons (Fsp3) is 0.500. The molecule has 1 unspecified atom stereocenters. The Bertz CT molecular complexity index is 340. The van der Waals surface area contributed by atoms with Crippen molar-refractivity contribution in [2.24, 2.45) is 5.92 Å². The summed E-state index contributed by atoms with van der Waals surface area (Å²) >= 11 is 0. The molecular formula is C12H18Cl2N2. The van der Waals surface area contributed by atoms with E-state index >= 15 is 0 Å². The van der Waals surface area contributed by atoms with E-state index in [1.807, 2.05) is 0 Å². The molecule has 90 valence electrons. The van der Waals surface area contributed by atoms with Crippen LogP contribution in [-0.2, 0) is 0 Å². The Morgan fingerprint density at radius 1 is 1.19 bits per heavy atom. The van der Waals surface area contributed by atoms with Crippen LogP contribution in [0.5, 0.6) is 0 Å². The molecule has 4 heteroatoms. The van der Waals surface area contributed by atoms with Crippen LogP contribution in [0.15, 0.2) is 24.3 Å². The molecule has 0 amide bonds. The zero-order valence-corrected chi connectivity index (χ0v) is 10.7. The summed E-state index contributed by atoms with van der Waals surface area (Å²) in [6, 6.07) is 9.13. The van der Waals surface area contributed by atoms with Crippen LogP contribution >= 0.6 is 24.8 Å². The first-order chi connectivity index (χ1) is 6.93. The zero-order valence-electron chi connectivity index (χ0n) is 9.11. The molecule has 1 fully saturated rings. The molecule has 1 aromatic rings. The van der Waals surface area contributed by atoms with Gasteiger partial charge in [-0.2, -0.15) is 0 Å². The quantitative estimate of drug-likeness (QED) is 0.874. The van der Waals surface area contributed by atoms with Crippen LogP contribution in [0.2, 0.25) is 0 Å². The Kier molecular flexibility index (Phi) is 4.90. The topological polar surface area (TPSA) is 24.1 Å². The van der Waals surface area contributed by atoms with Crippen molar-refractivity contribution in [2.45, 2.75) is 18.9 Å². The number of hydrogen-bond acceptors (Lipinski definition) is 2. The molecule has 1 aromatic carbocycles. The second-order valence-electron chi connectivity index (χ2n) is 4.37. The maximum Gasteiger partial charge on any atom is 0.0516 e. The normalized spacial score (nSPS) is 21.4. The summed E-state index contributed by atoms with van der Waals surface area (Å²) in [4.78, 5) is 0. The van der Waals surface area contributed by atoms with Gasteiger partial charge in [0.15, 0.2) is 0 Å². The monoisotopic (exact) mass is 260 g/mol. The summed E-state index contributed by atoms with van der Waals surface area (Å²) in [7, 11) is 0. The van der Waals surface area contributed by atoms with E-state index in [1.165, 1.54) is 30.6 Å². The Balaban J connectivity index is 0.000000640. The lowest BCUT2D eigenvalue weighted by Gasteiger charge is -2.11. The zero-order chi connectivity index (χ0) is 9.38. The second-order valence-corrected chi connectivity index (χ2v) is 4.37. The number of halogens is 2. The first-order valence-corrected chi connectivity index (χ1v) is 5.49. The number of rotatable bonds is 3. The number of fused-ring (bicyclic) bond motifs is 1. The molecule has 0 spiro atoms. The predicted octanol–water partition coefficient (Wildman–Crippen LogP) is 3.00. The van der Waals surface area contributed by atoms with Crippen molar-refractivity contribution in [3.05, 3.63) is 29.8 Å². The van der Waals surface area contributed by atoms with E-state index in [4.69, 9.17) is 0 Å². The first-order valence-electron chi connectivity index (χ1n) is 5.49. The highest BCUT2D eigenvalue weighted by Crippen LogP contribution is 2.32. The molecule has 1 heterocycles. The van der Waals surface area contributed by atoms with E-state index in [1.54, 1.807) is 0 Å². The van der Waals surface area contributed by atoms with Crippen LogP contribution in [0.25, 0.3) is 0 Å². The molecule has 1 atom stereocenters. The van der Waals surface area contributed by atoms with Gasteiger partial charge in [0.1, 0.15) is 0 Å². The van der Waals surface area contributed by atoms with Gasteiger partial charge in [-0.15, -0.1) is 24.8 Å². The van der Waals surface area contributed by atoms with Gasteiger partial charge < -0.3 is 10.6 Å². The lowest BCUT2D eigenvalue weighted by molar-refractivity contribution is 0.547. The van der Waals surface area contributed by atoms with E-state index in [9.17, 15) is 0 Å². The Labute approximate surface area is 109 Å². The average molecular weight is 261 g/mol. The summed E-state index contributed by atoms with van der Waals surface area (Å²) in [5.41, 5.74) is 2.74. The summed E-state index contributed by atoms with van der Waals surface area (Å²) < 4.78 is 0. The molecule has 16 heavy (non-hydrogen) atoms. The van der Waals surface area contributed by atoms with Gasteiger partial charge in [0.2, 0.25) is 0 Å². The molecule has 3 rings (SSSR count). The maximum atomic E-state index is 3.64. The molecule has 1 aliphatic carbocycles. The molecule has 0 bridgehead atoms. The molecule has 0 radical (unpaired) electrons. The van der Waals surface area contributed by atoms with Crippen LogP contribution in [0.1, 0.15) is 24.4 Å². The third kappa shape index (κ3) is 2.82. The molecule has 1 aliphatic heterocycles. The largest absolute Gasteiger partial charge is 0.383 e. The SMILES string of the molecule is Cl.Cl.c1ccc2c(c1)NCC2NCC1CC1. The van der Waals surface area contributed by atoms with Gasteiger partial charge in [-0.3, -0.25) is 0 Å². The van der Waals surface area contributed by atoms with Crippen molar-refractivity contribution in [3.8, 4) is 0 Å². The van der Waals surface area contributed by atoms with Crippen LogP contribution < -0.4 is 10.6 Å². The lowest BCUT2D eigenvalue weighted by Crippen LogP contribution is -2.24. The third-order valence-electron chi connectivity index (χ3n) is 3.18. The van der Waals surface area contributed by atoms with E-state index in [-0.39, 0.29) is 24.8 Å². The van der Waals surface area contributed by atoms with Crippen molar-refractivity contribution in [1.82, 2.24) is 5.32 Å². The average Bonchev–Trinajstić information content (AvgIpc) is 2.96. The smallest absolute Gasteiger partial charge is 0.0516 e. The van der Waals surface area contributed by atoms with E-state index < -0.39 is 0 Å². The summed E-state index contributed by atoms with van der Waals surface area (Å²) in [5.74, 6) is 0.961. The van der Waals surface area contributed by atoms with E-state index in [0.717, 1.165) is 12.5 Å². The number of benzene rings is 1. The van der Waals surface area contributed by atoms with Gasteiger partial charge >= 0.3 is 0 Å². The highest BCUT2D eigenvalue weighted by atomic mass is 35.5. The summed E-state index contributed by atoms with van der Waals surface area (Å²) in [6.07, 6.45) is 2.85. The van der Waals surface area contributed by atoms with Crippen LogP contribution in [0.3, 0.4) is 0 Å². The lowest BCUT2D eigenvalue weighted by atomic mass is 10.1. The minimum atomic E-state index is 0. The van der Waals surface area contributed by atoms with Crippen LogP contribution in [0, 0.1) is 5.92 Å². The first kappa shape index (κ1) is 13.6. The Morgan fingerprint density at radius 2 is 1.94 bits per heavy atom. The van der Waals surface area contributed by atoms with Gasteiger partial charge in [-0.25, -0.2) is 0 Å². The summed E-state index contributed by atoms with van der Waals surface area (Å²) in [5, 5.41) is 7.07. The van der Waals surface area contributed by atoms with Gasteiger partial charge in [0.25, 0.3) is 0 Å². The molecule has 2 aliphatic rings. The highest BCUT2D eigenvalue weighted by Gasteiger charge is 2.25. The fourth-order valence-electron chi connectivity index (χ4n) is 2.10. The highest BCUT2D eigenvalue weighted by molar-refractivity contribution is 5.85. The molecule has 1 saturated carbocycles. The van der Waals surface area contributed by atoms with E-state index in [0.29, 0.717) is 6.04 Å². The number of hydrogen-bond donors (Lipinski definition) is 2. The number of nitrogens with one attached hydrogen (secondary N) is 2. The predicted molar refractivity (Wildman–Crippen MR) is 72.9 cm³/mol.